The first-order valence-electron chi connectivity index (χ1n) is 14.9. The molecule has 0 aromatic heterocycles. The molecule has 6 heteroatoms. The third-order valence-electron chi connectivity index (χ3n) is 9.00. The van der Waals surface area contributed by atoms with Gasteiger partial charge in [-0.1, -0.05) is 55.7 Å². The van der Waals surface area contributed by atoms with Gasteiger partial charge in [0.15, 0.2) is 0 Å². The van der Waals surface area contributed by atoms with E-state index in [4.69, 9.17) is 0 Å². The number of fused-ring (bicyclic) bond motifs is 1. The van der Waals surface area contributed by atoms with Crippen LogP contribution >= 0.6 is 0 Å². The van der Waals surface area contributed by atoms with Gasteiger partial charge in [-0.05, 0) is 99.3 Å². The van der Waals surface area contributed by atoms with Crippen molar-refractivity contribution in [3.8, 4) is 0 Å². The number of rotatable bonds is 7. The normalized spacial score (nSPS) is 22.3. The average Bonchev–Trinajstić information content (AvgIpc) is 3.28. The third-order valence-corrected chi connectivity index (χ3v) is 9.00. The average molecular weight is 552 g/mol. The summed E-state index contributed by atoms with van der Waals surface area (Å²) >= 11 is 0. The number of nitrogens with one attached hydrogen (secondary N) is 3. The Kier molecular flexibility index (Phi) is 8.57. The van der Waals surface area contributed by atoms with Gasteiger partial charge in [0.1, 0.15) is 0 Å². The molecule has 214 valence electrons. The second-order valence-electron chi connectivity index (χ2n) is 12.0. The fraction of sp³-hybridized carbons (Fsp3) is 0.400. The molecule has 1 heterocycles. The van der Waals surface area contributed by atoms with E-state index in [-0.39, 0.29) is 23.8 Å². The minimum Gasteiger partial charge on any atom is -0.352 e. The van der Waals surface area contributed by atoms with Gasteiger partial charge in [0, 0.05) is 34.5 Å². The monoisotopic (exact) mass is 551 g/mol. The van der Waals surface area contributed by atoms with Gasteiger partial charge in [0.25, 0.3) is 17.7 Å². The summed E-state index contributed by atoms with van der Waals surface area (Å²) in [5, 5.41) is 9.20. The lowest BCUT2D eigenvalue weighted by atomic mass is 9.82. The fourth-order valence-corrected chi connectivity index (χ4v) is 6.27. The van der Waals surface area contributed by atoms with Crippen LogP contribution in [0.5, 0.6) is 0 Å². The van der Waals surface area contributed by atoms with Gasteiger partial charge >= 0.3 is 0 Å². The van der Waals surface area contributed by atoms with Crippen LogP contribution in [-0.4, -0.2) is 24.3 Å². The van der Waals surface area contributed by atoms with Crippen molar-refractivity contribution in [1.82, 2.24) is 10.6 Å². The molecule has 0 saturated heterocycles. The minimum absolute atomic E-state index is 0.0167. The fourth-order valence-electron chi connectivity index (χ4n) is 6.27. The van der Waals surface area contributed by atoms with Gasteiger partial charge in [0.05, 0.1) is 6.04 Å². The minimum atomic E-state index is -0.195. The predicted molar refractivity (Wildman–Crippen MR) is 164 cm³/mol. The molecule has 3 aliphatic rings. The molecule has 0 unspecified atom stereocenters. The molecule has 41 heavy (non-hydrogen) atoms. The summed E-state index contributed by atoms with van der Waals surface area (Å²) in [4.78, 5) is 39.5. The molecule has 5 rings (SSSR count). The van der Waals surface area contributed by atoms with Crippen molar-refractivity contribution in [3.05, 3.63) is 93.6 Å². The van der Waals surface area contributed by atoms with Gasteiger partial charge in [-0.2, -0.15) is 0 Å². The summed E-state index contributed by atoms with van der Waals surface area (Å²) in [6.45, 7) is 8.99. The van der Waals surface area contributed by atoms with E-state index >= 15 is 0 Å². The van der Waals surface area contributed by atoms with Crippen molar-refractivity contribution in [2.24, 2.45) is 11.8 Å². The van der Waals surface area contributed by atoms with E-state index in [0.717, 1.165) is 53.2 Å². The Balaban J connectivity index is 1.35. The van der Waals surface area contributed by atoms with E-state index in [1.165, 1.54) is 25.7 Å². The highest BCUT2D eigenvalue weighted by atomic mass is 16.2. The van der Waals surface area contributed by atoms with Crippen LogP contribution in [0.25, 0.3) is 5.57 Å². The van der Waals surface area contributed by atoms with E-state index in [9.17, 15) is 14.4 Å². The standard InChI is InChI=1S/C35H41N3O3/c1-21-10-13-25(14-11-21)20-36-35(41)32-22(2)12-15-27(23(32)3)18-30-29-19-28(16-17-31(29)38-34(30)40)33(39)37-24(4)26-8-6-5-7-9-26/h5-9,16-19,21,24-25H,10-15,20H2,1-4H3,(H,36,41)(H,37,39)(H,38,40)/b30-18-/t21?,24-,25?/m1/s1. The summed E-state index contributed by atoms with van der Waals surface area (Å²) in [5.74, 6) is 0.927. The summed E-state index contributed by atoms with van der Waals surface area (Å²) in [7, 11) is 0. The largest absolute Gasteiger partial charge is 0.352 e. The quantitative estimate of drug-likeness (QED) is 0.328. The Morgan fingerprint density at radius 3 is 2.46 bits per heavy atom. The van der Waals surface area contributed by atoms with Crippen molar-refractivity contribution in [2.75, 3.05) is 11.9 Å². The Morgan fingerprint density at radius 1 is 1.00 bits per heavy atom. The lowest BCUT2D eigenvalue weighted by Gasteiger charge is -2.27. The molecule has 6 nitrogen and oxygen atoms in total. The van der Waals surface area contributed by atoms with E-state index in [0.29, 0.717) is 28.3 Å². The number of allylic oxidation sites excluding steroid dienone is 3. The van der Waals surface area contributed by atoms with E-state index in [1.54, 1.807) is 18.2 Å². The Hall–Kier alpha value is -3.93. The van der Waals surface area contributed by atoms with Crippen LogP contribution in [0.1, 0.15) is 93.7 Å². The molecule has 3 N–H and O–H groups in total. The number of benzene rings is 2. The lowest BCUT2D eigenvalue weighted by molar-refractivity contribution is -0.117. The number of carbonyl (C=O) groups excluding carboxylic acids is 3. The molecule has 0 bridgehead atoms. The first-order valence-corrected chi connectivity index (χ1v) is 14.9. The lowest BCUT2D eigenvalue weighted by Crippen LogP contribution is -2.33. The molecular formula is C35H41N3O3. The van der Waals surface area contributed by atoms with Crippen molar-refractivity contribution >= 4 is 29.0 Å². The molecule has 0 spiro atoms. The smallest absolute Gasteiger partial charge is 0.256 e. The zero-order valence-electron chi connectivity index (χ0n) is 24.6. The number of anilines is 1. The van der Waals surface area contributed by atoms with Crippen LogP contribution < -0.4 is 16.0 Å². The molecular weight excluding hydrogens is 510 g/mol. The molecule has 1 saturated carbocycles. The number of hydrogen-bond acceptors (Lipinski definition) is 3. The molecule has 2 aromatic carbocycles. The van der Waals surface area contributed by atoms with Crippen LogP contribution in [0.2, 0.25) is 0 Å². The van der Waals surface area contributed by atoms with Crippen LogP contribution in [-0.2, 0) is 9.59 Å². The van der Waals surface area contributed by atoms with Crippen molar-refractivity contribution < 1.29 is 14.4 Å². The summed E-state index contributed by atoms with van der Waals surface area (Å²) in [5.41, 5.74) is 7.17. The van der Waals surface area contributed by atoms with E-state index < -0.39 is 0 Å². The highest BCUT2D eigenvalue weighted by Crippen LogP contribution is 2.37. The van der Waals surface area contributed by atoms with Crippen LogP contribution in [0.15, 0.2) is 76.9 Å². The maximum atomic E-state index is 13.3. The maximum Gasteiger partial charge on any atom is 0.256 e. The van der Waals surface area contributed by atoms with Gasteiger partial charge < -0.3 is 16.0 Å². The molecule has 2 aliphatic carbocycles. The number of hydrogen-bond donors (Lipinski definition) is 3. The SMILES string of the molecule is CC1=C(C(=O)NCC2CCC(C)CC2)C(C)=C(/C=C2\C(=O)Nc3ccc(C(=O)N[C@H](C)c4ccccc4)cc32)CC1. The van der Waals surface area contributed by atoms with E-state index in [1.807, 2.05) is 57.2 Å². The van der Waals surface area contributed by atoms with Crippen molar-refractivity contribution in [3.63, 3.8) is 0 Å². The second kappa shape index (κ2) is 12.3. The van der Waals surface area contributed by atoms with Crippen molar-refractivity contribution in [1.29, 1.82) is 0 Å². The third kappa shape index (κ3) is 6.37. The predicted octanol–water partition coefficient (Wildman–Crippen LogP) is 6.88. The number of amides is 3. The summed E-state index contributed by atoms with van der Waals surface area (Å²) in [6, 6.07) is 15.0. The highest BCUT2D eigenvalue weighted by molar-refractivity contribution is 6.32. The molecule has 3 amide bonds. The topological polar surface area (TPSA) is 87.3 Å². The highest BCUT2D eigenvalue weighted by Gasteiger charge is 2.28. The van der Waals surface area contributed by atoms with Gasteiger partial charge in [0.2, 0.25) is 0 Å². The first kappa shape index (κ1) is 28.6. The van der Waals surface area contributed by atoms with Crippen LogP contribution in [0, 0.1) is 11.8 Å². The molecule has 0 radical (unpaired) electrons. The Labute approximate surface area is 243 Å². The van der Waals surface area contributed by atoms with Crippen LogP contribution in [0.3, 0.4) is 0 Å². The van der Waals surface area contributed by atoms with E-state index in [2.05, 4.69) is 22.9 Å². The molecule has 1 atom stereocenters. The second-order valence-corrected chi connectivity index (χ2v) is 12.0. The molecule has 1 fully saturated rings. The summed E-state index contributed by atoms with van der Waals surface area (Å²) < 4.78 is 0. The van der Waals surface area contributed by atoms with Gasteiger partial charge in [-0.15, -0.1) is 0 Å². The number of carbonyl (C=O) groups is 3. The van der Waals surface area contributed by atoms with Gasteiger partial charge in [-0.25, -0.2) is 0 Å². The zero-order valence-corrected chi connectivity index (χ0v) is 24.6. The van der Waals surface area contributed by atoms with Gasteiger partial charge in [-0.3, -0.25) is 14.4 Å². The Morgan fingerprint density at radius 2 is 1.73 bits per heavy atom. The van der Waals surface area contributed by atoms with Crippen molar-refractivity contribution in [2.45, 2.75) is 72.3 Å². The zero-order chi connectivity index (χ0) is 29.1. The first-order chi connectivity index (χ1) is 19.7. The molecule has 1 aliphatic heterocycles. The molecule has 2 aromatic rings. The summed E-state index contributed by atoms with van der Waals surface area (Å²) in [6.07, 6.45) is 8.25. The maximum absolute atomic E-state index is 13.3. The van der Waals surface area contributed by atoms with Crippen LogP contribution in [0.4, 0.5) is 5.69 Å². The Bertz CT molecular complexity index is 1440.